The summed E-state index contributed by atoms with van der Waals surface area (Å²) < 4.78 is 14.7. The van der Waals surface area contributed by atoms with Crippen molar-refractivity contribution in [3.8, 4) is 0 Å². The van der Waals surface area contributed by atoms with E-state index in [1.165, 1.54) is 12.4 Å². The number of nitrogens with zero attached hydrogens (tertiary/aromatic N) is 3. The Morgan fingerprint density at radius 3 is 2.91 bits per heavy atom. The molecule has 1 atom stereocenters. The van der Waals surface area contributed by atoms with Crippen LogP contribution in [-0.2, 0) is 16.6 Å². The van der Waals surface area contributed by atoms with Crippen LogP contribution in [0.1, 0.15) is 18.2 Å². The van der Waals surface area contributed by atoms with Crippen LogP contribution in [0.4, 0.5) is 4.39 Å². The van der Waals surface area contributed by atoms with E-state index in [4.69, 9.17) is 5.73 Å². The molecule has 0 aliphatic rings. The van der Waals surface area contributed by atoms with Crippen molar-refractivity contribution in [3.05, 3.63) is 54.0 Å². The Hall–Kier alpha value is -2.83. The molecule has 0 aliphatic heterocycles. The normalized spacial score (nSPS) is 13.9. The van der Waals surface area contributed by atoms with E-state index in [0.29, 0.717) is 5.52 Å². The maximum Gasteiger partial charge on any atom is 0.229 e. The highest BCUT2D eigenvalue weighted by molar-refractivity contribution is 5.88. The smallest absolute Gasteiger partial charge is 0.229 e. The van der Waals surface area contributed by atoms with Crippen LogP contribution in [0.15, 0.2) is 36.9 Å². The number of nitrogens with two attached hydrogens (primary N) is 1. The molecule has 3 rings (SSSR count). The number of carbonyl (C=O) groups is 1. The molecule has 1 amide bonds. The Balaban J connectivity index is 2.13. The van der Waals surface area contributed by atoms with Gasteiger partial charge in [0.05, 0.1) is 34.4 Å². The number of rotatable bonds is 4. The van der Waals surface area contributed by atoms with Crippen molar-refractivity contribution in [1.29, 1.82) is 0 Å². The van der Waals surface area contributed by atoms with Crippen LogP contribution in [0.2, 0.25) is 0 Å². The molecule has 0 saturated heterocycles. The number of hydrogen-bond donors (Lipinski definition) is 2. The lowest BCUT2D eigenvalue weighted by Gasteiger charge is -2.26. The molecule has 6 nitrogen and oxygen atoms in total. The van der Waals surface area contributed by atoms with Crippen LogP contribution in [0.3, 0.4) is 0 Å². The van der Waals surface area contributed by atoms with Crippen LogP contribution < -0.4 is 5.73 Å². The number of carbonyl (C=O) groups excluding carboxylic acids is 1. The maximum atomic E-state index is 14.7. The van der Waals surface area contributed by atoms with E-state index in [1.54, 1.807) is 25.4 Å². The number of aromatic nitrogens is 4. The second-order valence-electron chi connectivity index (χ2n) is 5.35. The fraction of sp³-hybridized carbons (Fsp3) is 0.200. The Morgan fingerprint density at radius 1 is 1.41 bits per heavy atom. The summed E-state index contributed by atoms with van der Waals surface area (Å²) in [6, 6.07) is 3.56. The number of fused-ring (bicyclic) bond motifs is 1. The topological polar surface area (TPSA) is 97.5 Å². The Kier molecular flexibility index (Phi) is 3.32. The lowest BCUT2D eigenvalue weighted by Crippen LogP contribution is -2.42. The molecule has 0 aliphatic carbocycles. The molecular formula is C15H14FN5O. The van der Waals surface area contributed by atoms with Crippen LogP contribution >= 0.6 is 0 Å². The molecule has 3 aromatic rings. The molecule has 0 fully saturated rings. The largest absolute Gasteiger partial charge is 0.369 e. The minimum absolute atomic E-state index is 0.0118. The van der Waals surface area contributed by atoms with Gasteiger partial charge in [0.25, 0.3) is 0 Å². The average Bonchev–Trinajstić information content (AvgIpc) is 2.97. The van der Waals surface area contributed by atoms with Gasteiger partial charge < -0.3 is 5.73 Å². The van der Waals surface area contributed by atoms with Gasteiger partial charge in [-0.15, -0.1) is 0 Å². The van der Waals surface area contributed by atoms with Crippen molar-refractivity contribution < 1.29 is 9.18 Å². The number of halogens is 1. The quantitative estimate of drug-likeness (QED) is 0.762. The van der Waals surface area contributed by atoms with Crippen molar-refractivity contribution in [1.82, 2.24) is 20.2 Å². The second-order valence-corrected chi connectivity index (χ2v) is 5.35. The van der Waals surface area contributed by atoms with Gasteiger partial charge in [0.15, 0.2) is 5.82 Å². The fourth-order valence-electron chi connectivity index (χ4n) is 2.47. The van der Waals surface area contributed by atoms with Gasteiger partial charge >= 0.3 is 0 Å². The third kappa shape index (κ3) is 2.20. The third-order valence-corrected chi connectivity index (χ3v) is 3.78. The van der Waals surface area contributed by atoms with Crippen molar-refractivity contribution >= 4 is 16.8 Å². The molecular weight excluding hydrogens is 285 g/mol. The van der Waals surface area contributed by atoms with E-state index in [0.717, 1.165) is 5.56 Å². The minimum atomic E-state index is -1.28. The summed E-state index contributed by atoms with van der Waals surface area (Å²) in [4.78, 5) is 20.1. The van der Waals surface area contributed by atoms with E-state index < -0.39 is 17.1 Å². The number of aromatic amines is 1. The summed E-state index contributed by atoms with van der Waals surface area (Å²) in [7, 11) is 0. The lowest BCUT2D eigenvalue weighted by molar-refractivity contribution is -0.123. The summed E-state index contributed by atoms with van der Waals surface area (Å²) in [6.45, 7) is 1.58. The molecule has 22 heavy (non-hydrogen) atoms. The molecule has 0 aromatic carbocycles. The van der Waals surface area contributed by atoms with Crippen molar-refractivity contribution in [2.75, 3.05) is 0 Å². The number of hydrogen-bond acceptors (Lipinski definition) is 4. The predicted octanol–water partition coefficient (Wildman–Crippen LogP) is 1.48. The van der Waals surface area contributed by atoms with Gasteiger partial charge in [0.1, 0.15) is 0 Å². The van der Waals surface area contributed by atoms with Gasteiger partial charge in [-0.3, -0.25) is 19.9 Å². The standard InChI is InChI=1S/C15H14FN5O/c1-15(14(17)22,5-9-3-2-4-18-6-9)13-12(16)10-7-20-21-11(10)8-19-13/h2-4,6-8H,5H2,1H3,(H2,17,22)(H,20,21). The molecule has 3 aromatic heterocycles. The highest BCUT2D eigenvalue weighted by atomic mass is 19.1. The summed E-state index contributed by atoms with van der Waals surface area (Å²) in [5.74, 6) is -1.23. The molecule has 0 spiro atoms. The molecule has 3 heterocycles. The summed E-state index contributed by atoms with van der Waals surface area (Å²) in [5, 5.41) is 6.70. The van der Waals surface area contributed by atoms with Crippen molar-refractivity contribution in [2.45, 2.75) is 18.8 Å². The second kappa shape index (κ2) is 5.18. The summed E-state index contributed by atoms with van der Waals surface area (Å²) in [5.41, 5.74) is 5.52. The van der Waals surface area contributed by atoms with E-state index >= 15 is 0 Å². The molecule has 0 saturated carbocycles. The van der Waals surface area contributed by atoms with E-state index in [9.17, 15) is 9.18 Å². The zero-order valence-corrected chi connectivity index (χ0v) is 11.9. The van der Waals surface area contributed by atoms with Gasteiger partial charge in [-0.1, -0.05) is 6.07 Å². The molecule has 1 unspecified atom stereocenters. The first-order chi connectivity index (χ1) is 10.5. The highest BCUT2D eigenvalue weighted by Gasteiger charge is 2.38. The summed E-state index contributed by atoms with van der Waals surface area (Å²) in [6.07, 6.45) is 6.27. The van der Waals surface area contributed by atoms with Crippen LogP contribution in [-0.4, -0.2) is 26.1 Å². The Bertz CT molecular complexity index is 832. The summed E-state index contributed by atoms with van der Waals surface area (Å²) >= 11 is 0. The Labute approximate surface area is 125 Å². The maximum absolute atomic E-state index is 14.7. The zero-order chi connectivity index (χ0) is 15.7. The monoisotopic (exact) mass is 299 g/mol. The number of nitrogens with one attached hydrogen (secondary N) is 1. The van der Waals surface area contributed by atoms with Crippen LogP contribution in [0.25, 0.3) is 10.9 Å². The van der Waals surface area contributed by atoms with Gasteiger partial charge in [0.2, 0.25) is 5.91 Å². The molecule has 3 N–H and O–H groups in total. The van der Waals surface area contributed by atoms with Gasteiger partial charge in [0, 0.05) is 12.4 Å². The van der Waals surface area contributed by atoms with Gasteiger partial charge in [-0.25, -0.2) is 4.39 Å². The first-order valence-corrected chi connectivity index (χ1v) is 6.69. The van der Waals surface area contributed by atoms with Gasteiger partial charge in [-0.2, -0.15) is 5.10 Å². The van der Waals surface area contributed by atoms with E-state index in [-0.39, 0.29) is 17.5 Å². The third-order valence-electron chi connectivity index (χ3n) is 3.78. The highest BCUT2D eigenvalue weighted by Crippen LogP contribution is 2.31. The van der Waals surface area contributed by atoms with E-state index in [1.807, 2.05) is 6.07 Å². The van der Waals surface area contributed by atoms with Crippen molar-refractivity contribution in [2.24, 2.45) is 5.73 Å². The zero-order valence-electron chi connectivity index (χ0n) is 11.9. The Morgan fingerprint density at radius 2 is 2.23 bits per heavy atom. The van der Waals surface area contributed by atoms with E-state index in [2.05, 4.69) is 20.2 Å². The first kappa shape index (κ1) is 14.1. The average molecular weight is 299 g/mol. The minimum Gasteiger partial charge on any atom is -0.369 e. The predicted molar refractivity (Wildman–Crippen MR) is 78.3 cm³/mol. The lowest BCUT2D eigenvalue weighted by atomic mass is 9.79. The first-order valence-electron chi connectivity index (χ1n) is 6.69. The molecule has 112 valence electrons. The number of H-pyrrole nitrogens is 1. The molecule has 7 heteroatoms. The van der Waals surface area contributed by atoms with Crippen LogP contribution in [0, 0.1) is 5.82 Å². The van der Waals surface area contributed by atoms with Crippen molar-refractivity contribution in [3.63, 3.8) is 0 Å². The molecule has 0 bridgehead atoms. The number of pyridine rings is 2. The van der Waals surface area contributed by atoms with Crippen LogP contribution in [0.5, 0.6) is 0 Å². The number of amides is 1. The fourth-order valence-corrected chi connectivity index (χ4v) is 2.47. The SMILES string of the molecule is CC(Cc1cccnc1)(C(N)=O)c1ncc2[nH]ncc2c1F. The van der Waals surface area contributed by atoms with Gasteiger partial charge in [-0.05, 0) is 25.0 Å². The molecule has 0 radical (unpaired) electrons. The number of primary amides is 1.